The van der Waals surface area contributed by atoms with Crippen LogP contribution in [0.15, 0.2) is 104 Å². The number of rotatable bonds is 4. The Bertz CT molecular complexity index is 2360. The van der Waals surface area contributed by atoms with E-state index in [1.165, 1.54) is 42.5 Å². The topological polar surface area (TPSA) is 150 Å². The van der Waals surface area contributed by atoms with Crippen LogP contribution in [0.5, 0.6) is 0 Å². The van der Waals surface area contributed by atoms with Crippen LogP contribution in [0.4, 0.5) is 26.3 Å². The molecule has 6 rings (SSSR count). The molecule has 4 heterocycles. The fourth-order valence-corrected chi connectivity index (χ4v) is 4.72. The summed E-state index contributed by atoms with van der Waals surface area (Å²) in [6.45, 7) is 0. The van der Waals surface area contributed by atoms with Gasteiger partial charge in [0.1, 0.15) is 22.6 Å². The Hall–Kier alpha value is -6.32. The Morgan fingerprint density at radius 1 is 0.735 bits per heavy atom. The highest BCUT2D eigenvalue weighted by molar-refractivity contribution is 6.02. The highest BCUT2D eigenvalue weighted by Gasteiger charge is 2.37. The van der Waals surface area contributed by atoms with Gasteiger partial charge in [-0.2, -0.15) is 26.3 Å². The van der Waals surface area contributed by atoms with Crippen LogP contribution < -0.4 is 10.9 Å². The van der Waals surface area contributed by atoms with Crippen molar-refractivity contribution in [1.29, 1.82) is 0 Å². The molecule has 0 bridgehead atoms. The van der Waals surface area contributed by atoms with Gasteiger partial charge in [0.15, 0.2) is 27.7 Å². The first-order valence-electron chi connectivity index (χ1n) is 13.6. The quantitative estimate of drug-likeness (QED) is 0.149. The molecule has 0 aliphatic carbocycles. The maximum absolute atomic E-state index is 13.2. The summed E-state index contributed by atoms with van der Waals surface area (Å²) in [4.78, 5) is 54.3. The molecule has 0 saturated carbocycles. The van der Waals surface area contributed by atoms with Gasteiger partial charge in [-0.15, -0.1) is 0 Å². The summed E-state index contributed by atoms with van der Waals surface area (Å²) in [6, 6.07) is 13.4. The largest absolute Gasteiger partial charge is 0.478 e. The molecule has 0 radical (unpaired) electrons. The fourth-order valence-electron chi connectivity index (χ4n) is 4.72. The van der Waals surface area contributed by atoms with Gasteiger partial charge >= 0.3 is 24.3 Å². The van der Waals surface area contributed by atoms with Crippen LogP contribution in [0.25, 0.3) is 44.6 Å². The molecule has 0 amide bonds. The number of methoxy groups -OCH3 is 1. The molecule has 16 heteroatoms. The highest BCUT2D eigenvalue weighted by atomic mass is 19.4. The van der Waals surface area contributed by atoms with E-state index in [-0.39, 0.29) is 44.4 Å². The van der Waals surface area contributed by atoms with Crippen molar-refractivity contribution in [2.75, 3.05) is 7.11 Å². The van der Waals surface area contributed by atoms with Crippen LogP contribution >= 0.6 is 0 Å². The first-order chi connectivity index (χ1) is 23.1. The van der Waals surface area contributed by atoms with E-state index >= 15 is 0 Å². The molecule has 250 valence electrons. The SMILES string of the molecule is COC(=O)c1cccc2c(=O)cc(-c3ccncc3C(F)(F)F)oc12.O=C(O)c1cccc2c(=O)cc(-c3cccnc3C(F)(F)F)oc12. The van der Waals surface area contributed by atoms with Gasteiger partial charge in [-0.1, -0.05) is 12.1 Å². The number of carboxylic acid groups (broad SMARTS) is 1. The number of aromatic carboxylic acids is 1. The minimum atomic E-state index is -4.75. The Labute approximate surface area is 268 Å². The number of esters is 1. The molecule has 0 unspecified atom stereocenters. The van der Waals surface area contributed by atoms with Crippen molar-refractivity contribution in [3.8, 4) is 22.6 Å². The number of benzene rings is 2. The predicted octanol–water partition coefficient (Wildman–Crippen LogP) is 7.23. The van der Waals surface area contributed by atoms with E-state index in [9.17, 15) is 45.5 Å². The predicted molar refractivity (Wildman–Crippen MR) is 160 cm³/mol. The van der Waals surface area contributed by atoms with Gasteiger partial charge in [0.2, 0.25) is 0 Å². The minimum absolute atomic E-state index is 0.0314. The van der Waals surface area contributed by atoms with Crippen LogP contribution in [0.3, 0.4) is 0 Å². The third-order valence-corrected chi connectivity index (χ3v) is 6.88. The summed E-state index contributed by atoms with van der Waals surface area (Å²) in [5, 5.41) is 9.20. The maximum Gasteiger partial charge on any atom is 0.434 e. The lowest BCUT2D eigenvalue weighted by Crippen LogP contribution is -2.11. The molecule has 0 spiro atoms. The summed E-state index contributed by atoms with van der Waals surface area (Å²) >= 11 is 0. The number of ether oxygens (including phenoxy) is 1. The third kappa shape index (κ3) is 6.88. The number of carboxylic acids is 1. The molecule has 2 aromatic carbocycles. The summed E-state index contributed by atoms with van der Waals surface area (Å²) < 4.78 is 94.2. The van der Waals surface area contributed by atoms with Gasteiger partial charge in [0.05, 0.1) is 23.4 Å². The Morgan fingerprint density at radius 2 is 1.31 bits per heavy atom. The number of pyridine rings is 2. The molecular formula is C33H18F6N2O8. The van der Waals surface area contributed by atoms with E-state index < -0.39 is 57.7 Å². The van der Waals surface area contributed by atoms with Crippen molar-refractivity contribution in [2.24, 2.45) is 0 Å². The van der Waals surface area contributed by atoms with E-state index in [0.717, 1.165) is 43.8 Å². The molecule has 0 aliphatic rings. The van der Waals surface area contributed by atoms with Crippen LogP contribution in [0, 0.1) is 0 Å². The number of carbonyl (C=O) groups excluding carboxylic acids is 1. The third-order valence-electron chi connectivity index (χ3n) is 6.88. The molecule has 0 aliphatic heterocycles. The number of carbonyl (C=O) groups is 2. The van der Waals surface area contributed by atoms with Crippen LogP contribution in [0.1, 0.15) is 32.0 Å². The van der Waals surface area contributed by atoms with Crippen molar-refractivity contribution in [3.05, 3.63) is 128 Å². The molecule has 1 N–H and O–H groups in total. The normalized spacial score (nSPS) is 11.6. The smallest absolute Gasteiger partial charge is 0.434 e. The number of halogens is 6. The maximum atomic E-state index is 13.2. The zero-order valence-electron chi connectivity index (χ0n) is 24.6. The fraction of sp³-hybridized carbons (Fsp3) is 0.0909. The van der Waals surface area contributed by atoms with Crippen LogP contribution in [-0.2, 0) is 17.1 Å². The average Bonchev–Trinajstić information content (AvgIpc) is 3.07. The Kier molecular flexibility index (Phi) is 9.07. The molecule has 6 aromatic rings. The van der Waals surface area contributed by atoms with Crippen molar-refractivity contribution >= 4 is 33.9 Å². The molecule has 49 heavy (non-hydrogen) atoms. The number of nitrogens with zero attached hydrogens (tertiary/aromatic N) is 2. The van der Waals surface area contributed by atoms with E-state index in [1.54, 1.807) is 0 Å². The van der Waals surface area contributed by atoms with Gasteiger partial charge in [-0.3, -0.25) is 19.6 Å². The Balaban J connectivity index is 0.000000191. The second-order valence-corrected chi connectivity index (χ2v) is 9.93. The van der Waals surface area contributed by atoms with Gasteiger partial charge < -0.3 is 18.7 Å². The zero-order valence-corrected chi connectivity index (χ0v) is 24.6. The standard InChI is InChI=1S/C17H10F3NO4.C16H8F3NO4/c1-24-16(23)11-4-2-3-10-13(22)7-14(25-15(10)11)9-5-6-21-8-12(9)17(18,19)20;17-16(18,19)14-9(5-2-6-20-14)12-7-11(21)8-3-1-4-10(15(22)23)13(8)24-12/h2-8H,1H3;1-7H,(H,22,23). The summed E-state index contributed by atoms with van der Waals surface area (Å²) in [6.07, 6.45) is -6.67. The number of hydrogen-bond donors (Lipinski definition) is 1. The Morgan fingerprint density at radius 3 is 1.86 bits per heavy atom. The second kappa shape index (κ2) is 13.1. The second-order valence-electron chi connectivity index (χ2n) is 9.93. The number of hydrogen-bond acceptors (Lipinski definition) is 9. The molecule has 0 atom stereocenters. The van der Waals surface area contributed by atoms with Crippen LogP contribution in [-0.4, -0.2) is 34.1 Å². The van der Waals surface area contributed by atoms with Gasteiger partial charge in [-0.05, 0) is 42.5 Å². The summed E-state index contributed by atoms with van der Waals surface area (Å²) in [5.41, 5.74) is -5.08. The van der Waals surface area contributed by atoms with Crippen molar-refractivity contribution in [3.63, 3.8) is 0 Å². The molecular weight excluding hydrogens is 666 g/mol. The lowest BCUT2D eigenvalue weighted by atomic mass is 10.1. The monoisotopic (exact) mass is 684 g/mol. The van der Waals surface area contributed by atoms with E-state index in [2.05, 4.69) is 14.7 Å². The van der Waals surface area contributed by atoms with E-state index in [1.807, 2.05) is 0 Å². The van der Waals surface area contributed by atoms with Gasteiger partial charge in [-0.25, -0.2) is 9.59 Å². The first-order valence-corrected chi connectivity index (χ1v) is 13.6. The molecule has 10 nitrogen and oxygen atoms in total. The van der Waals surface area contributed by atoms with E-state index in [4.69, 9.17) is 13.9 Å². The van der Waals surface area contributed by atoms with Crippen molar-refractivity contribution in [2.45, 2.75) is 12.4 Å². The van der Waals surface area contributed by atoms with Gasteiger partial charge in [0.25, 0.3) is 0 Å². The minimum Gasteiger partial charge on any atom is -0.478 e. The van der Waals surface area contributed by atoms with Crippen LogP contribution in [0.2, 0.25) is 0 Å². The molecule has 4 aromatic heterocycles. The van der Waals surface area contributed by atoms with E-state index in [0.29, 0.717) is 6.20 Å². The number of fused-ring (bicyclic) bond motifs is 2. The summed E-state index contributed by atoms with van der Waals surface area (Å²) in [5.74, 6) is -2.84. The highest BCUT2D eigenvalue weighted by Crippen LogP contribution is 2.38. The molecule has 0 fully saturated rings. The average molecular weight is 685 g/mol. The van der Waals surface area contributed by atoms with Gasteiger partial charge in [0, 0.05) is 41.9 Å². The number of para-hydroxylation sites is 2. The van der Waals surface area contributed by atoms with Crippen molar-refractivity contribution in [1.82, 2.24) is 9.97 Å². The summed E-state index contributed by atoms with van der Waals surface area (Å²) in [7, 11) is 1.15. The number of alkyl halides is 6. The number of aromatic nitrogens is 2. The lowest BCUT2D eigenvalue weighted by Gasteiger charge is -2.12. The molecule has 0 saturated heterocycles. The lowest BCUT2D eigenvalue weighted by molar-refractivity contribution is -0.140. The zero-order chi connectivity index (χ0) is 35.7. The first kappa shape index (κ1) is 34.0. The van der Waals surface area contributed by atoms with Crippen molar-refractivity contribution < 1.29 is 54.6 Å².